The number of hydrogen-bond acceptors (Lipinski definition) is 6. The predicted octanol–water partition coefficient (Wildman–Crippen LogP) is 2.89. The van der Waals surface area contributed by atoms with Gasteiger partial charge in [-0.3, -0.25) is 14.9 Å². The Hall–Kier alpha value is -3.68. The minimum atomic E-state index is -1.24. The predicted molar refractivity (Wildman–Crippen MR) is 105 cm³/mol. The second kappa shape index (κ2) is 9.50. The first-order chi connectivity index (χ1) is 14.1. The summed E-state index contributed by atoms with van der Waals surface area (Å²) in [5.41, 5.74) is 1.81. The number of fused-ring (bicyclic) bond motifs is 1. The van der Waals surface area contributed by atoms with Gasteiger partial charge in [0.2, 0.25) is 6.10 Å². The number of aromatic nitrogens is 1. The zero-order chi connectivity index (χ0) is 20.6. The van der Waals surface area contributed by atoms with Crippen LogP contribution in [0, 0.1) is 0 Å². The molecule has 0 unspecified atom stereocenters. The molecule has 0 radical (unpaired) electrons. The van der Waals surface area contributed by atoms with Gasteiger partial charge in [0.25, 0.3) is 5.91 Å². The summed E-state index contributed by atoms with van der Waals surface area (Å²) in [6.45, 7) is 2.09. The van der Waals surface area contributed by atoms with Crippen molar-refractivity contribution in [3.63, 3.8) is 0 Å². The number of rotatable bonds is 7. The number of carbonyl (C=O) groups excluding carboxylic acids is 3. The molecule has 0 aliphatic carbocycles. The van der Waals surface area contributed by atoms with Crippen LogP contribution in [0.25, 0.3) is 11.1 Å². The Balaban J connectivity index is 1.65. The van der Waals surface area contributed by atoms with E-state index in [2.05, 4.69) is 15.6 Å². The van der Waals surface area contributed by atoms with Crippen molar-refractivity contribution in [3.8, 4) is 0 Å². The van der Waals surface area contributed by atoms with Crippen molar-refractivity contribution in [2.45, 2.75) is 25.9 Å². The van der Waals surface area contributed by atoms with Gasteiger partial charge < -0.3 is 14.5 Å². The minimum absolute atomic E-state index is 0.0232. The Morgan fingerprint density at radius 2 is 1.79 bits per heavy atom. The minimum Gasteiger partial charge on any atom is -0.447 e. The van der Waals surface area contributed by atoms with Crippen LogP contribution in [0.4, 0.5) is 4.79 Å². The fourth-order valence-corrected chi connectivity index (χ4v) is 2.71. The Kier molecular flexibility index (Phi) is 6.57. The number of esters is 1. The molecule has 3 amide bonds. The summed E-state index contributed by atoms with van der Waals surface area (Å²) in [7, 11) is 0. The number of amides is 3. The number of nitrogens with zero attached hydrogens (tertiary/aromatic N) is 1. The number of aryl methyl sites for hydroxylation is 1. The first-order valence-corrected chi connectivity index (χ1v) is 9.24. The van der Waals surface area contributed by atoms with E-state index in [1.165, 1.54) is 0 Å². The highest BCUT2D eigenvalue weighted by molar-refractivity contribution is 5.97. The topological polar surface area (TPSA) is 111 Å². The Bertz CT molecular complexity index is 967. The van der Waals surface area contributed by atoms with E-state index in [4.69, 9.17) is 9.15 Å². The van der Waals surface area contributed by atoms with E-state index in [1.54, 1.807) is 43.3 Å². The molecular formula is C21H21N3O5. The van der Waals surface area contributed by atoms with E-state index in [1.807, 2.05) is 18.2 Å². The van der Waals surface area contributed by atoms with Crippen LogP contribution >= 0.6 is 0 Å². The maximum Gasteiger partial charge on any atom is 0.321 e. The lowest BCUT2D eigenvalue weighted by Gasteiger charge is -2.17. The molecule has 0 fully saturated rings. The van der Waals surface area contributed by atoms with Crippen molar-refractivity contribution in [3.05, 3.63) is 66.1 Å². The third kappa shape index (κ3) is 5.41. The van der Waals surface area contributed by atoms with Gasteiger partial charge in [0.1, 0.15) is 5.52 Å². The third-order valence-electron chi connectivity index (χ3n) is 4.04. The fourth-order valence-electron chi connectivity index (χ4n) is 2.71. The first-order valence-electron chi connectivity index (χ1n) is 9.24. The first kappa shape index (κ1) is 20.1. The number of nitrogens with one attached hydrogen (secondary N) is 2. The molecule has 1 heterocycles. The van der Waals surface area contributed by atoms with Crippen LogP contribution in [0.2, 0.25) is 0 Å². The zero-order valence-corrected chi connectivity index (χ0v) is 15.9. The third-order valence-corrected chi connectivity index (χ3v) is 4.04. The summed E-state index contributed by atoms with van der Waals surface area (Å²) in [6, 6.07) is 15.1. The van der Waals surface area contributed by atoms with E-state index in [9.17, 15) is 14.4 Å². The van der Waals surface area contributed by atoms with Gasteiger partial charge in [0.15, 0.2) is 11.5 Å². The molecule has 3 aromatic rings. The molecule has 0 aliphatic rings. The van der Waals surface area contributed by atoms with E-state index in [-0.39, 0.29) is 12.8 Å². The van der Waals surface area contributed by atoms with Crippen molar-refractivity contribution in [2.24, 2.45) is 0 Å². The standard InChI is InChI=1S/C21H21N3O5/c1-2-22-21(27)24-20(26)19(14-8-4-3-5-9-14)29-18(25)13-12-17-23-15-10-6-7-11-16(15)28-17/h3-11,19H,2,12-13H2,1H3,(H2,22,24,26,27)/t19-/m1/s1. The molecule has 0 spiro atoms. The largest absolute Gasteiger partial charge is 0.447 e. The van der Waals surface area contributed by atoms with Gasteiger partial charge >= 0.3 is 12.0 Å². The zero-order valence-electron chi connectivity index (χ0n) is 15.9. The lowest BCUT2D eigenvalue weighted by atomic mass is 10.1. The van der Waals surface area contributed by atoms with Crippen molar-refractivity contribution >= 4 is 29.0 Å². The van der Waals surface area contributed by atoms with Crippen LogP contribution in [0.3, 0.4) is 0 Å². The smallest absolute Gasteiger partial charge is 0.321 e. The molecule has 8 nitrogen and oxygen atoms in total. The number of oxazole rings is 1. The number of imide groups is 1. The van der Waals surface area contributed by atoms with E-state index in [0.29, 0.717) is 29.1 Å². The molecule has 2 N–H and O–H groups in total. The fraction of sp³-hybridized carbons (Fsp3) is 0.238. The van der Waals surface area contributed by atoms with Gasteiger partial charge in [-0.05, 0) is 19.1 Å². The summed E-state index contributed by atoms with van der Waals surface area (Å²) in [4.78, 5) is 40.8. The number of hydrogen-bond donors (Lipinski definition) is 2. The molecule has 0 aliphatic heterocycles. The highest BCUT2D eigenvalue weighted by Crippen LogP contribution is 2.20. The molecule has 8 heteroatoms. The lowest BCUT2D eigenvalue weighted by molar-refractivity contribution is -0.156. The average Bonchev–Trinajstić information content (AvgIpc) is 3.14. The second-order valence-electron chi connectivity index (χ2n) is 6.20. The van der Waals surface area contributed by atoms with Gasteiger partial charge in [0.05, 0.1) is 6.42 Å². The second-order valence-corrected chi connectivity index (χ2v) is 6.20. The van der Waals surface area contributed by atoms with Crippen LogP contribution in [-0.4, -0.2) is 29.4 Å². The SMILES string of the molecule is CCNC(=O)NC(=O)[C@H](OC(=O)CCc1nc2ccccc2o1)c1ccccc1. The van der Waals surface area contributed by atoms with Gasteiger partial charge in [-0.25, -0.2) is 9.78 Å². The molecule has 29 heavy (non-hydrogen) atoms. The molecule has 0 saturated heterocycles. The van der Waals surface area contributed by atoms with Crippen LogP contribution < -0.4 is 10.6 Å². The molecule has 2 aromatic carbocycles. The van der Waals surface area contributed by atoms with Crippen LogP contribution in [0.15, 0.2) is 59.0 Å². The molecule has 0 bridgehead atoms. The molecule has 1 aromatic heterocycles. The number of ether oxygens (including phenoxy) is 1. The van der Waals surface area contributed by atoms with E-state index >= 15 is 0 Å². The Morgan fingerprint density at radius 3 is 2.52 bits per heavy atom. The number of carbonyl (C=O) groups is 3. The number of para-hydroxylation sites is 2. The van der Waals surface area contributed by atoms with Crippen molar-refractivity contribution < 1.29 is 23.5 Å². The van der Waals surface area contributed by atoms with Gasteiger partial charge in [-0.15, -0.1) is 0 Å². The monoisotopic (exact) mass is 395 g/mol. The maximum absolute atomic E-state index is 12.5. The lowest BCUT2D eigenvalue weighted by Crippen LogP contribution is -2.42. The summed E-state index contributed by atoms with van der Waals surface area (Å²) < 4.78 is 11.0. The summed E-state index contributed by atoms with van der Waals surface area (Å²) >= 11 is 0. The maximum atomic E-state index is 12.5. The molecule has 3 rings (SSSR count). The van der Waals surface area contributed by atoms with E-state index < -0.39 is 24.0 Å². The normalized spacial score (nSPS) is 11.6. The van der Waals surface area contributed by atoms with Crippen molar-refractivity contribution in [1.29, 1.82) is 0 Å². The van der Waals surface area contributed by atoms with Gasteiger partial charge in [-0.1, -0.05) is 42.5 Å². The van der Waals surface area contributed by atoms with Gasteiger partial charge in [-0.2, -0.15) is 0 Å². The van der Waals surface area contributed by atoms with Crippen molar-refractivity contribution in [2.75, 3.05) is 6.54 Å². The van der Waals surface area contributed by atoms with Gasteiger partial charge in [0, 0.05) is 18.5 Å². The molecule has 0 saturated carbocycles. The highest BCUT2D eigenvalue weighted by Gasteiger charge is 2.26. The number of urea groups is 1. The highest BCUT2D eigenvalue weighted by atomic mass is 16.5. The Morgan fingerprint density at radius 1 is 1.07 bits per heavy atom. The number of benzene rings is 2. The van der Waals surface area contributed by atoms with Crippen LogP contribution in [0.5, 0.6) is 0 Å². The van der Waals surface area contributed by atoms with E-state index in [0.717, 1.165) is 0 Å². The van der Waals surface area contributed by atoms with Crippen molar-refractivity contribution in [1.82, 2.24) is 15.6 Å². The molecule has 150 valence electrons. The molecular weight excluding hydrogens is 374 g/mol. The quantitative estimate of drug-likeness (QED) is 0.595. The summed E-state index contributed by atoms with van der Waals surface area (Å²) in [5.74, 6) is -0.921. The van der Waals surface area contributed by atoms with Crippen LogP contribution in [0.1, 0.15) is 30.9 Å². The Labute approximate surface area is 167 Å². The summed E-state index contributed by atoms with van der Waals surface area (Å²) in [6.07, 6.45) is -1.03. The molecule has 1 atom stereocenters. The average molecular weight is 395 g/mol. The summed E-state index contributed by atoms with van der Waals surface area (Å²) in [5, 5.41) is 4.64. The van der Waals surface area contributed by atoms with Crippen LogP contribution in [-0.2, 0) is 20.7 Å².